The Morgan fingerprint density at radius 1 is 1.31 bits per heavy atom. The van der Waals surface area contributed by atoms with E-state index < -0.39 is 24.2 Å². The molecular formula is C23H31FO5. The van der Waals surface area contributed by atoms with Gasteiger partial charge in [-0.05, 0) is 55.7 Å². The van der Waals surface area contributed by atoms with E-state index in [1.54, 1.807) is 6.08 Å². The molecule has 5 nitrogen and oxygen atoms in total. The van der Waals surface area contributed by atoms with Crippen molar-refractivity contribution in [2.45, 2.75) is 56.9 Å². The molecule has 0 amide bonds. The van der Waals surface area contributed by atoms with E-state index in [1.165, 1.54) is 6.08 Å². The Balaban J connectivity index is 1.49. The van der Waals surface area contributed by atoms with Crippen LogP contribution in [0.4, 0.5) is 4.39 Å². The van der Waals surface area contributed by atoms with E-state index in [4.69, 9.17) is 14.6 Å². The quantitative estimate of drug-likeness (QED) is 0.606. The van der Waals surface area contributed by atoms with Gasteiger partial charge in [-0.25, -0.2) is 4.39 Å². The number of carboxylic acid groups (broad SMARTS) is 1. The van der Waals surface area contributed by atoms with Crippen LogP contribution >= 0.6 is 0 Å². The normalized spacial score (nSPS) is 30.6. The summed E-state index contributed by atoms with van der Waals surface area (Å²) in [6, 6.07) is 9.37. The van der Waals surface area contributed by atoms with Crippen LogP contribution in [0.15, 0.2) is 42.5 Å². The van der Waals surface area contributed by atoms with Crippen LogP contribution in [0.5, 0.6) is 5.75 Å². The van der Waals surface area contributed by atoms with Gasteiger partial charge in [0, 0.05) is 25.4 Å². The van der Waals surface area contributed by atoms with Crippen LogP contribution in [0.25, 0.3) is 0 Å². The van der Waals surface area contributed by atoms with E-state index in [1.807, 2.05) is 30.3 Å². The van der Waals surface area contributed by atoms with Crippen LogP contribution in [0, 0.1) is 17.8 Å². The minimum atomic E-state index is -1.24. The first-order valence-electron chi connectivity index (χ1n) is 10.5. The van der Waals surface area contributed by atoms with Crippen molar-refractivity contribution < 1.29 is 28.9 Å². The molecule has 1 heterocycles. The lowest BCUT2D eigenvalue weighted by molar-refractivity contribution is -0.137. The van der Waals surface area contributed by atoms with Crippen LogP contribution in [0.2, 0.25) is 0 Å². The van der Waals surface area contributed by atoms with Gasteiger partial charge in [-0.2, -0.15) is 0 Å². The average molecular weight is 406 g/mol. The van der Waals surface area contributed by atoms with Crippen molar-refractivity contribution in [2.24, 2.45) is 17.8 Å². The molecule has 2 N–H and O–H groups in total. The molecule has 0 bridgehead atoms. The fraction of sp³-hybridized carbons (Fsp3) is 0.609. The molecule has 0 aromatic heterocycles. The summed E-state index contributed by atoms with van der Waals surface area (Å²) in [5.41, 5.74) is 0. The second kappa shape index (κ2) is 10.7. The molecule has 29 heavy (non-hydrogen) atoms. The number of hydrogen-bond acceptors (Lipinski definition) is 4. The molecule has 0 radical (unpaired) electrons. The zero-order chi connectivity index (χ0) is 20.6. The lowest BCUT2D eigenvalue weighted by Gasteiger charge is -2.25. The summed E-state index contributed by atoms with van der Waals surface area (Å²) < 4.78 is 26.5. The highest BCUT2D eigenvalue weighted by Gasteiger charge is 2.47. The molecule has 1 saturated heterocycles. The van der Waals surface area contributed by atoms with Gasteiger partial charge in [0.1, 0.15) is 18.5 Å². The van der Waals surface area contributed by atoms with Crippen molar-refractivity contribution in [3.05, 3.63) is 42.5 Å². The van der Waals surface area contributed by atoms with Gasteiger partial charge in [0.05, 0.1) is 12.2 Å². The highest BCUT2D eigenvalue weighted by atomic mass is 19.1. The number of hydrogen-bond donors (Lipinski definition) is 2. The zero-order valence-corrected chi connectivity index (χ0v) is 16.7. The number of fused-ring (bicyclic) bond motifs is 1. The Labute approximate surface area is 171 Å². The minimum absolute atomic E-state index is 0.0100. The topological polar surface area (TPSA) is 76.0 Å². The summed E-state index contributed by atoms with van der Waals surface area (Å²) in [4.78, 5) is 10.7. The second-order valence-corrected chi connectivity index (χ2v) is 8.14. The number of ether oxygens (including phenoxy) is 2. The third kappa shape index (κ3) is 6.28. The number of halogens is 1. The molecule has 2 fully saturated rings. The molecule has 1 aromatic carbocycles. The third-order valence-electron chi connectivity index (χ3n) is 6.12. The monoisotopic (exact) mass is 406 g/mol. The number of benzene rings is 1. The lowest BCUT2D eigenvalue weighted by atomic mass is 9.84. The summed E-state index contributed by atoms with van der Waals surface area (Å²) in [5, 5.41) is 19.2. The van der Waals surface area contributed by atoms with Gasteiger partial charge in [0.15, 0.2) is 0 Å². The zero-order valence-electron chi connectivity index (χ0n) is 16.7. The lowest BCUT2D eigenvalue weighted by Crippen LogP contribution is -2.30. The number of aliphatic hydroxyl groups is 1. The fourth-order valence-electron chi connectivity index (χ4n) is 4.64. The first-order chi connectivity index (χ1) is 14.0. The Kier molecular flexibility index (Phi) is 8.07. The number of carbonyl (C=O) groups is 1. The van der Waals surface area contributed by atoms with Crippen molar-refractivity contribution >= 4 is 5.97 Å². The van der Waals surface area contributed by atoms with Crippen molar-refractivity contribution in [3.8, 4) is 5.75 Å². The molecule has 1 aliphatic heterocycles. The summed E-state index contributed by atoms with van der Waals surface area (Å²) in [7, 11) is 0. The Bertz CT molecular complexity index is 664. The molecule has 1 aromatic rings. The number of allylic oxidation sites excluding steroid dienone is 1. The van der Waals surface area contributed by atoms with Crippen molar-refractivity contribution in [1.82, 2.24) is 0 Å². The second-order valence-electron chi connectivity index (χ2n) is 8.14. The van der Waals surface area contributed by atoms with Gasteiger partial charge in [-0.1, -0.05) is 24.3 Å². The van der Waals surface area contributed by atoms with Gasteiger partial charge >= 0.3 is 5.97 Å². The summed E-state index contributed by atoms with van der Waals surface area (Å²) in [6.07, 6.45) is 4.88. The molecule has 2 aliphatic rings. The molecule has 6 heteroatoms. The Morgan fingerprint density at radius 2 is 2.10 bits per heavy atom. The number of alkyl halides is 1. The van der Waals surface area contributed by atoms with E-state index in [0.717, 1.165) is 25.0 Å². The number of carboxylic acids is 1. The average Bonchev–Trinajstić information content (AvgIpc) is 2.90. The van der Waals surface area contributed by atoms with Crippen LogP contribution in [0.1, 0.15) is 38.5 Å². The van der Waals surface area contributed by atoms with Crippen molar-refractivity contribution in [1.29, 1.82) is 0 Å². The first kappa shape index (κ1) is 21.8. The van der Waals surface area contributed by atoms with E-state index in [0.29, 0.717) is 25.4 Å². The highest BCUT2D eigenvalue weighted by molar-refractivity contribution is 5.66. The summed E-state index contributed by atoms with van der Waals surface area (Å²) >= 11 is 0. The van der Waals surface area contributed by atoms with Crippen LogP contribution in [0.3, 0.4) is 0 Å². The maximum Gasteiger partial charge on any atom is 0.303 e. The Morgan fingerprint density at radius 3 is 2.86 bits per heavy atom. The molecular weight excluding hydrogens is 375 g/mol. The number of rotatable bonds is 9. The molecule has 0 spiro atoms. The highest BCUT2D eigenvalue weighted by Crippen LogP contribution is 2.43. The van der Waals surface area contributed by atoms with Gasteiger partial charge in [0.2, 0.25) is 0 Å². The minimum Gasteiger partial charge on any atom is -0.490 e. The predicted molar refractivity (Wildman–Crippen MR) is 108 cm³/mol. The SMILES string of the molecule is O=C(O)CCC[C@H]1CC[C@@H]2[C@@H]([C@@H](F)/C=C/COc3ccccc3)[C@H](O)C[C@@H]2OC1. The van der Waals surface area contributed by atoms with Crippen molar-refractivity contribution in [3.63, 3.8) is 0 Å². The maximum absolute atomic E-state index is 15.0. The van der Waals surface area contributed by atoms with Gasteiger partial charge < -0.3 is 19.7 Å². The van der Waals surface area contributed by atoms with Gasteiger partial charge in [-0.15, -0.1) is 0 Å². The Hall–Kier alpha value is -1.92. The number of para-hydroxylation sites is 1. The van der Waals surface area contributed by atoms with E-state index in [2.05, 4.69) is 0 Å². The molecule has 6 atom stereocenters. The fourth-order valence-corrected chi connectivity index (χ4v) is 4.64. The number of aliphatic carboxylic acids is 1. The van der Waals surface area contributed by atoms with Gasteiger partial charge in [0.25, 0.3) is 0 Å². The molecule has 1 aliphatic carbocycles. The van der Waals surface area contributed by atoms with E-state index in [-0.39, 0.29) is 25.0 Å². The maximum atomic E-state index is 15.0. The standard InChI is InChI=1S/C23H31FO5/c24-19(9-5-13-28-17-7-2-1-3-8-17)23-18-12-11-16(6-4-10-22(26)27)15-29-21(18)14-20(23)25/h1-3,5,7-9,16,18-21,23,25H,4,6,10-15H2,(H,26,27)/b9-5+/t16-,18-,19-,20+,21-,23-/m0/s1. The predicted octanol–water partition coefficient (Wildman–Crippen LogP) is 4.01. The van der Waals surface area contributed by atoms with E-state index in [9.17, 15) is 14.3 Å². The van der Waals surface area contributed by atoms with E-state index >= 15 is 0 Å². The number of aliphatic hydroxyl groups excluding tert-OH is 1. The molecule has 1 saturated carbocycles. The molecule has 160 valence electrons. The first-order valence-corrected chi connectivity index (χ1v) is 10.5. The smallest absolute Gasteiger partial charge is 0.303 e. The summed E-state index contributed by atoms with van der Waals surface area (Å²) in [5.74, 6) is -0.206. The largest absolute Gasteiger partial charge is 0.490 e. The van der Waals surface area contributed by atoms with Crippen molar-refractivity contribution in [2.75, 3.05) is 13.2 Å². The van der Waals surface area contributed by atoms with Crippen LogP contribution in [-0.4, -0.2) is 47.8 Å². The molecule has 0 unspecified atom stereocenters. The van der Waals surface area contributed by atoms with Gasteiger partial charge in [-0.3, -0.25) is 4.79 Å². The molecule has 3 rings (SSSR count). The van der Waals surface area contributed by atoms with Crippen LogP contribution < -0.4 is 4.74 Å². The third-order valence-corrected chi connectivity index (χ3v) is 6.12. The summed E-state index contributed by atoms with van der Waals surface area (Å²) in [6.45, 7) is 0.849. The van der Waals surface area contributed by atoms with Crippen LogP contribution in [-0.2, 0) is 9.53 Å².